The average Bonchev–Trinajstić information content (AvgIpc) is 3.27. The van der Waals surface area contributed by atoms with Crippen molar-refractivity contribution >= 4 is 22.9 Å². The third-order valence-corrected chi connectivity index (χ3v) is 5.68. The van der Waals surface area contributed by atoms with E-state index in [1.165, 1.54) is 17.5 Å². The fourth-order valence-electron chi connectivity index (χ4n) is 3.22. The summed E-state index contributed by atoms with van der Waals surface area (Å²) in [4.78, 5) is 12.1. The first-order valence-electron chi connectivity index (χ1n) is 8.78. The van der Waals surface area contributed by atoms with Crippen molar-refractivity contribution in [2.45, 2.75) is 38.2 Å². The summed E-state index contributed by atoms with van der Waals surface area (Å²) in [7, 11) is 0. The molecule has 0 saturated heterocycles. The molecule has 0 radical (unpaired) electrons. The quantitative estimate of drug-likeness (QED) is 0.629. The highest BCUT2D eigenvalue weighted by Crippen LogP contribution is 2.25. The Morgan fingerprint density at radius 1 is 1.12 bits per heavy atom. The molecule has 0 spiro atoms. The number of para-hydroxylation sites is 1. The molecule has 1 heterocycles. The Hall–Kier alpha value is -2.11. The molecular formula is C20H19ClN2O2S. The van der Waals surface area contributed by atoms with Gasteiger partial charge in [-0.05, 0) is 55.5 Å². The van der Waals surface area contributed by atoms with E-state index in [9.17, 15) is 4.79 Å². The minimum Gasteiger partial charge on any atom is -0.490 e. The number of halogens is 1. The molecule has 0 atom stereocenters. The van der Waals surface area contributed by atoms with Gasteiger partial charge in [-0.2, -0.15) is 9.78 Å². The Balaban J connectivity index is 1.48. The number of benzene rings is 2. The first-order chi connectivity index (χ1) is 12.7. The van der Waals surface area contributed by atoms with Crippen molar-refractivity contribution in [2.75, 3.05) is 0 Å². The second kappa shape index (κ2) is 7.64. The molecule has 1 saturated carbocycles. The second-order valence-electron chi connectivity index (χ2n) is 6.47. The lowest BCUT2D eigenvalue weighted by Gasteiger charge is -2.13. The fraction of sp³-hybridized carbons (Fsp3) is 0.300. The molecule has 0 bridgehead atoms. The monoisotopic (exact) mass is 386 g/mol. The van der Waals surface area contributed by atoms with Gasteiger partial charge in [0, 0.05) is 6.42 Å². The highest BCUT2D eigenvalue weighted by molar-refractivity contribution is 7.08. The van der Waals surface area contributed by atoms with Crippen molar-refractivity contribution in [3.8, 4) is 11.4 Å². The lowest BCUT2D eigenvalue weighted by molar-refractivity contribution is 0.210. The van der Waals surface area contributed by atoms with Crippen LogP contribution >= 0.6 is 22.9 Å². The van der Waals surface area contributed by atoms with Crippen LogP contribution in [0.4, 0.5) is 0 Å². The summed E-state index contributed by atoms with van der Waals surface area (Å²) in [5.74, 6) is 0.912. The van der Waals surface area contributed by atoms with Crippen LogP contribution in [0.15, 0.2) is 53.3 Å². The van der Waals surface area contributed by atoms with Gasteiger partial charge in [-0.1, -0.05) is 47.2 Å². The number of rotatable bonds is 5. The Kier molecular flexibility index (Phi) is 5.09. The Labute approximate surface area is 161 Å². The van der Waals surface area contributed by atoms with Gasteiger partial charge in [0.1, 0.15) is 10.8 Å². The van der Waals surface area contributed by atoms with Gasteiger partial charge in [0.2, 0.25) is 0 Å². The van der Waals surface area contributed by atoms with Crippen molar-refractivity contribution in [3.63, 3.8) is 0 Å². The Morgan fingerprint density at radius 2 is 1.85 bits per heavy atom. The molecule has 1 aliphatic rings. The van der Waals surface area contributed by atoms with Gasteiger partial charge >= 0.3 is 4.87 Å². The van der Waals surface area contributed by atoms with E-state index in [2.05, 4.69) is 5.10 Å². The second-order valence-corrected chi connectivity index (χ2v) is 7.90. The van der Waals surface area contributed by atoms with Crippen LogP contribution in [0.5, 0.6) is 5.75 Å². The van der Waals surface area contributed by atoms with Gasteiger partial charge in [-0.15, -0.1) is 0 Å². The predicted octanol–water partition coefficient (Wildman–Crippen LogP) is 4.86. The third-order valence-electron chi connectivity index (χ3n) is 4.55. The smallest absolute Gasteiger partial charge is 0.329 e. The van der Waals surface area contributed by atoms with Crippen molar-refractivity contribution in [1.29, 1.82) is 0 Å². The molecular weight excluding hydrogens is 368 g/mol. The molecule has 0 aliphatic heterocycles. The van der Waals surface area contributed by atoms with Crippen LogP contribution < -0.4 is 9.61 Å². The summed E-state index contributed by atoms with van der Waals surface area (Å²) in [6.07, 6.45) is 5.79. The normalized spacial score (nSPS) is 14.7. The molecule has 1 aliphatic carbocycles. The van der Waals surface area contributed by atoms with Crippen molar-refractivity contribution in [3.05, 3.63) is 73.8 Å². The average molecular weight is 387 g/mol. The highest BCUT2D eigenvalue weighted by atomic mass is 35.5. The number of nitrogens with zero attached hydrogens (tertiary/aromatic N) is 2. The Bertz CT molecular complexity index is 943. The summed E-state index contributed by atoms with van der Waals surface area (Å²) in [6, 6.07) is 15.3. The molecule has 0 amide bonds. The number of hydrogen-bond donors (Lipinski definition) is 0. The van der Waals surface area contributed by atoms with Crippen molar-refractivity contribution in [1.82, 2.24) is 9.78 Å². The van der Waals surface area contributed by atoms with Gasteiger partial charge in [0.15, 0.2) is 0 Å². The minimum atomic E-state index is -0.130. The zero-order valence-corrected chi connectivity index (χ0v) is 15.8. The summed E-state index contributed by atoms with van der Waals surface area (Å²) < 4.78 is 7.37. The molecule has 6 heteroatoms. The van der Waals surface area contributed by atoms with E-state index >= 15 is 0 Å². The van der Waals surface area contributed by atoms with Gasteiger partial charge in [-0.3, -0.25) is 4.79 Å². The first-order valence-corrected chi connectivity index (χ1v) is 9.98. The van der Waals surface area contributed by atoms with Crippen LogP contribution in [0.1, 0.15) is 36.3 Å². The fourth-order valence-corrected chi connectivity index (χ4v) is 4.23. The molecule has 1 fully saturated rings. The maximum absolute atomic E-state index is 12.3. The predicted molar refractivity (Wildman–Crippen MR) is 105 cm³/mol. The number of hydrogen-bond acceptors (Lipinski definition) is 4. The Morgan fingerprint density at radius 3 is 2.58 bits per heavy atom. The van der Waals surface area contributed by atoms with E-state index in [0.29, 0.717) is 23.2 Å². The van der Waals surface area contributed by atoms with E-state index in [0.717, 1.165) is 40.5 Å². The molecule has 0 N–H and O–H groups in total. The summed E-state index contributed by atoms with van der Waals surface area (Å²) >= 11 is 7.33. The zero-order chi connectivity index (χ0) is 17.9. The van der Waals surface area contributed by atoms with Crippen molar-refractivity contribution in [2.24, 2.45) is 0 Å². The summed E-state index contributed by atoms with van der Waals surface area (Å²) in [6.45, 7) is 0. The van der Waals surface area contributed by atoms with Crippen LogP contribution in [0.25, 0.3) is 5.69 Å². The molecule has 1 aromatic heterocycles. The molecule has 3 aromatic rings. The third kappa shape index (κ3) is 3.84. The van der Waals surface area contributed by atoms with Crippen LogP contribution in [0, 0.1) is 0 Å². The SMILES string of the molecule is O=c1sc(Cc2ccc(OC3CCCC3)cc2)nn1-c1ccccc1Cl. The molecule has 4 nitrogen and oxygen atoms in total. The largest absolute Gasteiger partial charge is 0.490 e. The standard InChI is InChI=1S/C20H19ClN2O2S/c21-17-7-3-4-8-18(17)23-20(24)26-19(22-23)13-14-9-11-16(12-10-14)25-15-5-1-2-6-15/h3-4,7-12,15H,1-2,5-6,13H2. The minimum absolute atomic E-state index is 0.130. The molecule has 0 unspecified atom stereocenters. The maximum Gasteiger partial charge on any atom is 0.329 e. The summed E-state index contributed by atoms with van der Waals surface area (Å²) in [5, 5.41) is 5.73. The van der Waals surface area contributed by atoms with Crippen LogP contribution in [-0.2, 0) is 6.42 Å². The van der Waals surface area contributed by atoms with Gasteiger partial charge in [0.05, 0.1) is 16.8 Å². The van der Waals surface area contributed by atoms with Crippen LogP contribution in [0.3, 0.4) is 0 Å². The molecule has 4 rings (SSSR count). The van der Waals surface area contributed by atoms with Crippen LogP contribution in [0.2, 0.25) is 5.02 Å². The van der Waals surface area contributed by atoms with Crippen LogP contribution in [-0.4, -0.2) is 15.9 Å². The van der Waals surface area contributed by atoms with Crippen molar-refractivity contribution < 1.29 is 4.74 Å². The maximum atomic E-state index is 12.3. The lowest BCUT2D eigenvalue weighted by atomic mass is 10.1. The topological polar surface area (TPSA) is 44.1 Å². The first kappa shape index (κ1) is 17.3. The van der Waals surface area contributed by atoms with E-state index in [4.69, 9.17) is 16.3 Å². The lowest BCUT2D eigenvalue weighted by Crippen LogP contribution is -2.12. The molecule has 2 aromatic carbocycles. The number of aromatic nitrogens is 2. The number of ether oxygens (including phenoxy) is 1. The van der Waals surface area contributed by atoms with E-state index in [-0.39, 0.29) is 4.87 Å². The molecule has 26 heavy (non-hydrogen) atoms. The van der Waals surface area contributed by atoms with Gasteiger partial charge in [-0.25, -0.2) is 0 Å². The van der Waals surface area contributed by atoms with Gasteiger partial charge < -0.3 is 4.74 Å². The molecule has 134 valence electrons. The van der Waals surface area contributed by atoms with E-state index in [1.807, 2.05) is 36.4 Å². The van der Waals surface area contributed by atoms with Gasteiger partial charge in [0.25, 0.3) is 0 Å². The summed E-state index contributed by atoms with van der Waals surface area (Å²) in [5.41, 5.74) is 1.71. The van der Waals surface area contributed by atoms with E-state index < -0.39 is 0 Å². The van der Waals surface area contributed by atoms with E-state index in [1.54, 1.807) is 12.1 Å². The highest BCUT2D eigenvalue weighted by Gasteiger charge is 2.16. The zero-order valence-electron chi connectivity index (χ0n) is 14.2.